The fourth-order valence-electron chi connectivity index (χ4n) is 2.70. The van der Waals surface area contributed by atoms with E-state index in [-0.39, 0.29) is 23.6 Å². The molecule has 3 rings (SSSR count). The lowest BCUT2D eigenvalue weighted by Crippen LogP contribution is -2.15. The number of ketones is 1. The van der Waals surface area contributed by atoms with Gasteiger partial charge in [-0.1, -0.05) is 19.4 Å². The number of carbonyl (C=O) groups excluding carboxylic acids is 2. The first-order valence-corrected chi connectivity index (χ1v) is 9.02. The molecule has 0 bridgehead atoms. The number of rotatable bonds is 7. The smallest absolute Gasteiger partial charge is 0.327 e. The molecule has 8 heteroatoms. The molecule has 0 unspecified atom stereocenters. The van der Waals surface area contributed by atoms with Gasteiger partial charge in [0.05, 0.1) is 12.1 Å². The van der Waals surface area contributed by atoms with Crippen LogP contribution in [0, 0.1) is 0 Å². The van der Waals surface area contributed by atoms with Crippen LogP contribution in [-0.2, 0) is 16.1 Å². The Morgan fingerprint density at radius 3 is 2.59 bits per heavy atom. The molecule has 0 aliphatic heterocycles. The van der Waals surface area contributed by atoms with Crippen LogP contribution < -0.4 is 0 Å². The van der Waals surface area contributed by atoms with Crippen molar-refractivity contribution >= 4 is 34.3 Å². The Kier molecular flexibility index (Phi) is 5.81. The summed E-state index contributed by atoms with van der Waals surface area (Å²) in [6.45, 7) is 3.81. The van der Waals surface area contributed by atoms with E-state index >= 15 is 0 Å². The van der Waals surface area contributed by atoms with Crippen molar-refractivity contribution in [3.8, 4) is 11.1 Å². The van der Waals surface area contributed by atoms with Gasteiger partial charge in [0, 0.05) is 30.3 Å². The predicted molar refractivity (Wildman–Crippen MR) is 102 cm³/mol. The molecular weight excluding hydrogens is 368 g/mol. The highest BCUT2D eigenvalue weighted by Gasteiger charge is 2.17. The summed E-state index contributed by atoms with van der Waals surface area (Å²) in [5.41, 5.74) is 2.59. The Bertz CT molecular complexity index is 983. The summed E-state index contributed by atoms with van der Waals surface area (Å²) >= 11 is 5.73. The van der Waals surface area contributed by atoms with E-state index in [9.17, 15) is 9.59 Å². The van der Waals surface area contributed by atoms with Crippen molar-refractivity contribution in [2.24, 2.45) is 0 Å². The van der Waals surface area contributed by atoms with Gasteiger partial charge in [0.15, 0.2) is 5.78 Å². The van der Waals surface area contributed by atoms with Gasteiger partial charge < -0.3 is 4.74 Å². The summed E-state index contributed by atoms with van der Waals surface area (Å²) in [5.74, 6) is -0.555. The Balaban J connectivity index is 1.96. The van der Waals surface area contributed by atoms with Gasteiger partial charge in [-0.2, -0.15) is 5.10 Å². The molecule has 0 atom stereocenters. The highest BCUT2D eigenvalue weighted by atomic mass is 35.5. The van der Waals surface area contributed by atoms with Crippen molar-refractivity contribution in [2.75, 3.05) is 6.61 Å². The lowest BCUT2D eigenvalue weighted by atomic mass is 10.0. The van der Waals surface area contributed by atoms with E-state index in [2.05, 4.69) is 15.1 Å². The molecular formula is C19H19ClN4O3. The summed E-state index contributed by atoms with van der Waals surface area (Å²) in [6.07, 6.45) is 4.99. The van der Waals surface area contributed by atoms with Crippen molar-refractivity contribution in [3.05, 3.63) is 41.6 Å². The first kappa shape index (κ1) is 19.0. The SMILES string of the molecule is CCCCOC(=O)Cn1nc(C(C)=O)c2cc(-c3cnc(Cl)nc3)ccc21. The summed E-state index contributed by atoms with van der Waals surface area (Å²) in [7, 11) is 0. The van der Waals surface area contributed by atoms with Gasteiger partial charge >= 0.3 is 5.97 Å². The summed E-state index contributed by atoms with van der Waals surface area (Å²) < 4.78 is 6.70. The quantitative estimate of drug-likeness (QED) is 0.266. The van der Waals surface area contributed by atoms with Gasteiger partial charge in [-0.05, 0) is 35.7 Å². The molecule has 2 heterocycles. The second-order valence-corrected chi connectivity index (χ2v) is 6.45. The summed E-state index contributed by atoms with van der Waals surface area (Å²) in [5, 5.41) is 5.15. The largest absolute Gasteiger partial charge is 0.464 e. The van der Waals surface area contributed by atoms with Gasteiger partial charge in [0.25, 0.3) is 0 Å². The van der Waals surface area contributed by atoms with Crippen LogP contribution in [0.4, 0.5) is 0 Å². The Labute approximate surface area is 161 Å². The third-order valence-corrected chi connectivity index (χ3v) is 4.27. The maximum atomic E-state index is 12.0. The van der Waals surface area contributed by atoms with E-state index < -0.39 is 0 Å². The first-order chi connectivity index (χ1) is 13.0. The number of ether oxygens (including phenoxy) is 1. The Morgan fingerprint density at radius 2 is 1.93 bits per heavy atom. The van der Waals surface area contributed by atoms with Gasteiger partial charge in [0.1, 0.15) is 12.2 Å². The number of aromatic nitrogens is 4. The molecule has 0 saturated heterocycles. The molecule has 2 aromatic heterocycles. The number of nitrogens with zero attached hydrogens (tertiary/aromatic N) is 4. The van der Waals surface area contributed by atoms with E-state index in [1.807, 2.05) is 25.1 Å². The van der Waals surface area contributed by atoms with Crippen molar-refractivity contribution in [1.82, 2.24) is 19.7 Å². The topological polar surface area (TPSA) is 87.0 Å². The van der Waals surface area contributed by atoms with Crippen molar-refractivity contribution in [3.63, 3.8) is 0 Å². The standard InChI is InChI=1S/C19H19ClN4O3/c1-3-4-7-27-17(26)11-24-16-6-5-13(14-9-21-19(20)22-10-14)8-15(16)18(23-24)12(2)25/h5-6,8-10H,3-4,7,11H2,1-2H3. The highest BCUT2D eigenvalue weighted by Crippen LogP contribution is 2.26. The van der Waals surface area contributed by atoms with E-state index in [0.29, 0.717) is 23.2 Å². The molecule has 0 amide bonds. The molecule has 0 spiro atoms. The second-order valence-electron chi connectivity index (χ2n) is 6.11. The minimum atomic E-state index is -0.377. The zero-order valence-corrected chi connectivity index (χ0v) is 15.9. The third-order valence-electron chi connectivity index (χ3n) is 4.08. The average Bonchev–Trinajstić information content (AvgIpc) is 3.00. The molecule has 0 aliphatic rings. The monoisotopic (exact) mass is 386 g/mol. The Hall–Kier alpha value is -2.80. The molecule has 7 nitrogen and oxygen atoms in total. The molecule has 0 saturated carbocycles. The summed E-state index contributed by atoms with van der Waals surface area (Å²) in [6, 6.07) is 5.52. The number of Topliss-reactive ketones (excluding diaryl/α,β-unsaturated/α-hetero) is 1. The van der Waals surface area contributed by atoms with E-state index in [1.165, 1.54) is 11.6 Å². The zero-order chi connectivity index (χ0) is 19.4. The fourth-order valence-corrected chi connectivity index (χ4v) is 2.80. The molecule has 0 fully saturated rings. The van der Waals surface area contributed by atoms with Crippen molar-refractivity contribution in [2.45, 2.75) is 33.2 Å². The molecule has 3 aromatic rings. The van der Waals surface area contributed by atoms with Gasteiger partial charge in [-0.3, -0.25) is 14.3 Å². The number of benzene rings is 1. The van der Waals surface area contributed by atoms with E-state index in [4.69, 9.17) is 16.3 Å². The molecule has 1 aromatic carbocycles. The molecule has 0 N–H and O–H groups in total. The first-order valence-electron chi connectivity index (χ1n) is 8.64. The fraction of sp³-hybridized carbons (Fsp3) is 0.316. The minimum absolute atomic E-state index is 0.0447. The number of unbranched alkanes of at least 4 members (excludes halogenated alkanes) is 1. The number of hydrogen-bond donors (Lipinski definition) is 0. The number of halogens is 1. The molecule has 0 aliphatic carbocycles. The van der Waals surface area contributed by atoms with Gasteiger partial charge in [0.2, 0.25) is 5.28 Å². The minimum Gasteiger partial charge on any atom is -0.464 e. The number of hydrogen-bond acceptors (Lipinski definition) is 6. The van der Waals surface area contributed by atoms with Crippen molar-refractivity contribution < 1.29 is 14.3 Å². The van der Waals surface area contributed by atoms with Crippen LogP contribution in [0.25, 0.3) is 22.0 Å². The molecule has 27 heavy (non-hydrogen) atoms. The zero-order valence-electron chi connectivity index (χ0n) is 15.1. The Morgan fingerprint density at radius 1 is 1.19 bits per heavy atom. The van der Waals surface area contributed by atoms with Crippen LogP contribution in [0.3, 0.4) is 0 Å². The van der Waals surface area contributed by atoms with Gasteiger partial charge in [-0.25, -0.2) is 9.97 Å². The van der Waals surface area contributed by atoms with Crippen LogP contribution in [0.2, 0.25) is 5.28 Å². The van der Waals surface area contributed by atoms with Crippen LogP contribution in [-0.4, -0.2) is 38.1 Å². The van der Waals surface area contributed by atoms with Crippen LogP contribution in [0.5, 0.6) is 0 Å². The summed E-state index contributed by atoms with van der Waals surface area (Å²) in [4.78, 5) is 32.0. The van der Waals surface area contributed by atoms with Crippen LogP contribution >= 0.6 is 11.6 Å². The lowest BCUT2D eigenvalue weighted by Gasteiger charge is -2.06. The maximum Gasteiger partial charge on any atom is 0.327 e. The highest BCUT2D eigenvalue weighted by molar-refractivity contribution is 6.28. The van der Waals surface area contributed by atoms with E-state index in [1.54, 1.807) is 12.4 Å². The third kappa shape index (κ3) is 4.31. The van der Waals surface area contributed by atoms with E-state index in [0.717, 1.165) is 24.0 Å². The number of fused-ring (bicyclic) bond motifs is 1. The van der Waals surface area contributed by atoms with Crippen LogP contribution in [0.15, 0.2) is 30.6 Å². The molecule has 0 radical (unpaired) electrons. The number of esters is 1. The van der Waals surface area contributed by atoms with Crippen LogP contribution in [0.1, 0.15) is 37.2 Å². The van der Waals surface area contributed by atoms with Crippen molar-refractivity contribution in [1.29, 1.82) is 0 Å². The average molecular weight is 387 g/mol. The molecule has 140 valence electrons. The van der Waals surface area contributed by atoms with Gasteiger partial charge in [-0.15, -0.1) is 0 Å². The predicted octanol–water partition coefficient (Wildman–Crippen LogP) is 3.69. The number of carbonyl (C=O) groups is 2. The maximum absolute atomic E-state index is 12.0. The lowest BCUT2D eigenvalue weighted by molar-refractivity contribution is -0.144. The second kappa shape index (κ2) is 8.26. The normalized spacial score (nSPS) is 10.9.